The first kappa shape index (κ1) is 21.2. The minimum absolute atomic E-state index is 0.430. The van der Waals surface area contributed by atoms with Gasteiger partial charge < -0.3 is 4.90 Å². The maximum Gasteiger partial charge on any atom is 0.0998 e. The van der Waals surface area contributed by atoms with Gasteiger partial charge in [-0.2, -0.15) is 5.26 Å². The quantitative estimate of drug-likeness (QED) is 0.545. The Hall–Kier alpha value is -3.68. The molecule has 1 atom stereocenters. The fourth-order valence-electron chi connectivity index (χ4n) is 4.91. The van der Waals surface area contributed by atoms with Crippen LogP contribution in [0.5, 0.6) is 0 Å². The van der Waals surface area contributed by atoms with Crippen molar-refractivity contribution in [3.8, 4) is 6.07 Å². The van der Waals surface area contributed by atoms with Gasteiger partial charge in [0.05, 0.1) is 17.3 Å². The number of nitrogens with zero attached hydrogens (tertiary/aromatic N) is 4. The van der Waals surface area contributed by atoms with Crippen LogP contribution in [-0.4, -0.2) is 40.5 Å². The van der Waals surface area contributed by atoms with Crippen LogP contribution in [0.2, 0.25) is 0 Å². The minimum Gasteiger partial charge on any atom is -0.368 e. The fourth-order valence-corrected chi connectivity index (χ4v) is 4.91. The van der Waals surface area contributed by atoms with Gasteiger partial charge in [0.25, 0.3) is 0 Å². The van der Waals surface area contributed by atoms with Crippen molar-refractivity contribution in [3.05, 3.63) is 114 Å². The second-order valence-corrected chi connectivity index (χ2v) is 8.82. The van der Waals surface area contributed by atoms with E-state index in [0.717, 1.165) is 48.6 Å². The van der Waals surface area contributed by atoms with Crippen molar-refractivity contribution in [1.29, 1.82) is 5.26 Å². The highest BCUT2D eigenvalue weighted by Gasteiger charge is 2.27. The normalized spacial score (nSPS) is 18.9. The van der Waals surface area contributed by atoms with Gasteiger partial charge >= 0.3 is 0 Å². The molecule has 0 N–H and O–H groups in total. The van der Waals surface area contributed by atoms with Crippen LogP contribution in [0.3, 0.4) is 0 Å². The standard InChI is InChI=1S/C29H28N4/c30-18-24-11-4-5-13-28(24)25-17-26(29-14-6-7-15-31-29)21-33(20-25)27-12-8-16-32(22-27)19-23-9-2-1-3-10-23/h1-7,9-11,13-15,17,21,27H,8,12,16,19-20,22H2. The van der Waals surface area contributed by atoms with Gasteiger partial charge in [-0.05, 0) is 60.4 Å². The predicted octanol–water partition coefficient (Wildman–Crippen LogP) is 5.36. The van der Waals surface area contributed by atoms with Gasteiger partial charge in [0, 0.05) is 43.6 Å². The first-order valence-corrected chi connectivity index (χ1v) is 11.7. The molecule has 0 spiro atoms. The Labute approximate surface area is 196 Å². The Balaban J connectivity index is 1.43. The zero-order valence-electron chi connectivity index (χ0n) is 18.8. The number of pyridine rings is 1. The van der Waals surface area contributed by atoms with Crippen molar-refractivity contribution in [2.24, 2.45) is 0 Å². The van der Waals surface area contributed by atoms with E-state index in [1.54, 1.807) is 0 Å². The Morgan fingerprint density at radius 2 is 1.79 bits per heavy atom. The molecule has 4 heteroatoms. The van der Waals surface area contributed by atoms with Gasteiger partial charge in [-0.15, -0.1) is 0 Å². The molecule has 2 aliphatic heterocycles. The van der Waals surface area contributed by atoms with E-state index in [-0.39, 0.29) is 0 Å². The molecule has 5 rings (SSSR count). The SMILES string of the molecule is N#Cc1ccccc1C1=CC(c2ccccn2)=CN(C2CCCN(Cc3ccccc3)C2)C1. The molecule has 2 aromatic carbocycles. The Morgan fingerprint density at radius 1 is 0.970 bits per heavy atom. The highest BCUT2D eigenvalue weighted by molar-refractivity contribution is 5.86. The molecular formula is C29H28N4. The number of aromatic nitrogens is 1. The lowest BCUT2D eigenvalue weighted by Crippen LogP contribution is -2.46. The topological polar surface area (TPSA) is 43.2 Å². The summed E-state index contributed by atoms with van der Waals surface area (Å²) in [5.74, 6) is 0. The number of rotatable bonds is 5. The number of benzene rings is 2. The second kappa shape index (κ2) is 9.85. The van der Waals surface area contributed by atoms with Crippen LogP contribution in [0.15, 0.2) is 91.3 Å². The molecule has 1 unspecified atom stereocenters. The molecule has 1 aromatic heterocycles. The van der Waals surface area contributed by atoms with Crippen molar-refractivity contribution >= 4 is 11.1 Å². The van der Waals surface area contributed by atoms with Gasteiger partial charge in [0.2, 0.25) is 0 Å². The van der Waals surface area contributed by atoms with Gasteiger partial charge in [-0.1, -0.05) is 54.6 Å². The summed E-state index contributed by atoms with van der Waals surface area (Å²) in [6, 6.07) is 27.5. The van der Waals surface area contributed by atoms with E-state index in [1.807, 2.05) is 36.5 Å². The summed E-state index contributed by atoms with van der Waals surface area (Å²) >= 11 is 0. The maximum absolute atomic E-state index is 9.70. The van der Waals surface area contributed by atoms with Gasteiger partial charge in [0.15, 0.2) is 0 Å². The number of hydrogen-bond donors (Lipinski definition) is 0. The molecule has 0 aliphatic carbocycles. The van der Waals surface area contributed by atoms with E-state index in [2.05, 4.69) is 75.6 Å². The summed E-state index contributed by atoms with van der Waals surface area (Å²) in [7, 11) is 0. The molecule has 164 valence electrons. The third-order valence-electron chi connectivity index (χ3n) is 6.54. The summed E-state index contributed by atoms with van der Waals surface area (Å²) in [4.78, 5) is 9.65. The monoisotopic (exact) mass is 432 g/mol. The van der Waals surface area contributed by atoms with Crippen molar-refractivity contribution in [2.75, 3.05) is 19.6 Å². The van der Waals surface area contributed by atoms with Crippen molar-refractivity contribution in [3.63, 3.8) is 0 Å². The average Bonchev–Trinajstić information content (AvgIpc) is 2.89. The van der Waals surface area contributed by atoms with E-state index in [0.29, 0.717) is 6.04 Å². The molecule has 0 radical (unpaired) electrons. The van der Waals surface area contributed by atoms with Crippen molar-refractivity contribution < 1.29 is 0 Å². The van der Waals surface area contributed by atoms with Crippen LogP contribution >= 0.6 is 0 Å². The molecule has 1 fully saturated rings. The molecule has 0 saturated carbocycles. The lowest BCUT2D eigenvalue weighted by atomic mass is 9.93. The van der Waals surface area contributed by atoms with Gasteiger partial charge in [-0.25, -0.2) is 0 Å². The third-order valence-corrected chi connectivity index (χ3v) is 6.54. The van der Waals surface area contributed by atoms with Crippen LogP contribution in [0, 0.1) is 11.3 Å². The zero-order chi connectivity index (χ0) is 22.5. The average molecular weight is 433 g/mol. The molecule has 3 heterocycles. The number of likely N-dealkylation sites (tertiary alicyclic amines) is 1. The second-order valence-electron chi connectivity index (χ2n) is 8.82. The molecule has 0 amide bonds. The zero-order valence-corrected chi connectivity index (χ0v) is 18.8. The molecule has 33 heavy (non-hydrogen) atoms. The number of allylic oxidation sites excluding steroid dienone is 2. The van der Waals surface area contributed by atoms with Gasteiger partial charge in [0.1, 0.15) is 0 Å². The molecule has 0 bridgehead atoms. The molecular weight excluding hydrogens is 404 g/mol. The van der Waals surface area contributed by atoms with Gasteiger partial charge in [-0.3, -0.25) is 9.88 Å². The molecule has 1 saturated heterocycles. The van der Waals surface area contributed by atoms with E-state index in [1.165, 1.54) is 24.0 Å². The Kier molecular flexibility index (Phi) is 6.32. The summed E-state index contributed by atoms with van der Waals surface area (Å²) in [5.41, 5.74) is 6.35. The summed E-state index contributed by atoms with van der Waals surface area (Å²) < 4.78 is 0. The number of hydrogen-bond acceptors (Lipinski definition) is 4. The summed E-state index contributed by atoms with van der Waals surface area (Å²) in [5, 5.41) is 9.70. The van der Waals surface area contributed by atoms with Crippen molar-refractivity contribution in [2.45, 2.75) is 25.4 Å². The number of nitriles is 1. The van der Waals surface area contributed by atoms with Crippen LogP contribution in [0.4, 0.5) is 0 Å². The lowest BCUT2D eigenvalue weighted by molar-refractivity contribution is 0.132. The third kappa shape index (κ3) is 4.89. The smallest absolute Gasteiger partial charge is 0.0998 e. The van der Waals surface area contributed by atoms with E-state index < -0.39 is 0 Å². The lowest BCUT2D eigenvalue weighted by Gasteiger charge is -2.41. The molecule has 3 aromatic rings. The largest absolute Gasteiger partial charge is 0.368 e. The van der Waals surface area contributed by atoms with Crippen LogP contribution < -0.4 is 0 Å². The van der Waals surface area contributed by atoms with Crippen LogP contribution in [-0.2, 0) is 6.54 Å². The van der Waals surface area contributed by atoms with Crippen LogP contribution in [0.1, 0.15) is 35.2 Å². The maximum atomic E-state index is 9.70. The molecule has 4 nitrogen and oxygen atoms in total. The van der Waals surface area contributed by atoms with E-state index in [4.69, 9.17) is 0 Å². The van der Waals surface area contributed by atoms with E-state index in [9.17, 15) is 5.26 Å². The summed E-state index contributed by atoms with van der Waals surface area (Å²) in [6.07, 6.45) is 8.68. The highest BCUT2D eigenvalue weighted by Crippen LogP contribution is 2.32. The predicted molar refractivity (Wildman–Crippen MR) is 133 cm³/mol. The first-order valence-electron chi connectivity index (χ1n) is 11.7. The Morgan fingerprint density at radius 3 is 2.61 bits per heavy atom. The van der Waals surface area contributed by atoms with Crippen LogP contribution in [0.25, 0.3) is 11.1 Å². The minimum atomic E-state index is 0.430. The number of piperidine rings is 1. The van der Waals surface area contributed by atoms with E-state index >= 15 is 0 Å². The molecule has 2 aliphatic rings. The Bertz CT molecular complexity index is 1190. The summed E-state index contributed by atoms with van der Waals surface area (Å²) in [6.45, 7) is 3.96. The fraction of sp³-hybridized carbons (Fsp3) is 0.241. The van der Waals surface area contributed by atoms with Crippen molar-refractivity contribution in [1.82, 2.24) is 14.8 Å². The first-order chi connectivity index (χ1) is 16.3. The highest BCUT2D eigenvalue weighted by atomic mass is 15.2.